The van der Waals surface area contributed by atoms with E-state index in [4.69, 9.17) is 4.99 Å². The van der Waals surface area contributed by atoms with Gasteiger partial charge in [0.2, 0.25) is 0 Å². The quantitative estimate of drug-likeness (QED) is 0.372. The van der Waals surface area contributed by atoms with Gasteiger partial charge in [-0.3, -0.25) is 5.32 Å². The minimum atomic E-state index is 0.0374. The number of hydrogen-bond acceptors (Lipinski definition) is 3. The van der Waals surface area contributed by atoms with Crippen LogP contribution in [0.5, 0.6) is 0 Å². The molecule has 0 bridgehead atoms. The summed E-state index contributed by atoms with van der Waals surface area (Å²) in [4.78, 5) is 5.29. The lowest BCUT2D eigenvalue weighted by atomic mass is 9.61. The second-order valence-electron chi connectivity index (χ2n) is 12.9. The largest absolute Gasteiger partial charge is 0.354 e. The zero-order chi connectivity index (χ0) is 27.9. The molecule has 0 saturated heterocycles. The molecule has 3 nitrogen and oxygen atoms in total. The molecule has 1 aromatic carbocycles. The molecule has 7 aliphatic rings. The Morgan fingerprint density at radius 2 is 1.81 bits per heavy atom. The van der Waals surface area contributed by atoms with Gasteiger partial charge >= 0.3 is 0 Å². The summed E-state index contributed by atoms with van der Waals surface area (Å²) in [5, 5.41) is 7.70. The van der Waals surface area contributed by atoms with Gasteiger partial charge in [0.25, 0.3) is 0 Å². The zero-order valence-corrected chi connectivity index (χ0v) is 24.3. The molecule has 0 saturated carbocycles. The van der Waals surface area contributed by atoms with E-state index in [2.05, 4.69) is 120 Å². The van der Waals surface area contributed by atoms with Crippen molar-refractivity contribution in [2.45, 2.75) is 57.3 Å². The third-order valence-electron chi connectivity index (χ3n) is 10.4. The molecular formula is C39H41N3. The number of nitrogens with one attached hydrogen (secondary N) is 2. The Labute approximate surface area is 250 Å². The molecule has 1 heterocycles. The number of fused-ring (bicyclic) bond motifs is 5. The van der Waals surface area contributed by atoms with E-state index in [1.54, 1.807) is 16.7 Å². The first-order valence-electron chi connectivity index (χ1n) is 16.2. The molecule has 1 aromatic rings. The topological polar surface area (TPSA) is 36.4 Å². The van der Waals surface area contributed by atoms with Crippen molar-refractivity contribution in [2.75, 3.05) is 0 Å². The van der Waals surface area contributed by atoms with Gasteiger partial charge in [0.05, 0.1) is 6.17 Å². The van der Waals surface area contributed by atoms with E-state index in [1.807, 2.05) is 0 Å². The van der Waals surface area contributed by atoms with Crippen molar-refractivity contribution < 1.29 is 0 Å². The van der Waals surface area contributed by atoms with Crippen molar-refractivity contribution in [1.29, 1.82) is 0 Å². The smallest absolute Gasteiger partial charge is 0.131 e. The molecule has 0 radical (unpaired) electrons. The molecule has 7 unspecified atom stereocenters. The molecule has 0 spiro atoms. The summed E-state index contributed by atoms with van der Waals surface area (Å²) in [6.45, 7) is 0. The van der Waals surface area contributed by atoms with Gasteiger partial charge in [-0.25, -0.2) is 4.99 Å². The van der Waals surface area contributed by atoms with Crippen LogP contribution in [0.3, 0.4) is 0 Å². The molecule has 1 aliphatic heterocycles. The maximum absolute atomic E-state index is 5.29. The van der Waals surface area contributed by atoms with Gasteiger partial charge in [-0.1, -0.05) is 109 Å². The van der Waals surface area contributed by atoms with E-state index in [1.165, 1.54) is 48.8 Å². The lowest BCUT2D eigenvalue weighted by Gasteiger charge is -2.43. The fourth-order valence-electron chi connectivity index (χ4n) is 8.28. The minimum Gasteiger partial charge on any atom is -0.354 e. The first kappa shape index (κ1) is 26.0. The Morgan fingerprint density at radius 1 is 0.857 bits per heavy atom. The average molecular weight is 552 g/mol. The first-order valence-corrected chi connectivity index (χ1v) is 16.2. The summed E-state index contributed by atoms with van der Waals surface area (Å²) in [6, 6.07) is 10.6. The third kappa shape index (κ3) is 4.78. The Bertz CT molecular complexity index is 1540. The lowest BCUT2D eigenvalue weighted by molar-refractivity contribution is 0.273. The van der Waals surface area contributed by atoms with Crippen molar-refractivity contribution in [3.63, 3.8) is 0 Å². The van der Waals surface area contributed by atoms with Crippen molar-refractivity contribution in [2.24, 2.45) is 34.6 Å². The summed E-state index contributed by atoms with van der Waals surface area (Å²) >= 11 is 0. The monoisotopic (exact) mass is 551 g/mol. The van der Waals surface area contributed by atoms with Crippen molar-refractivity contribution in [1.82, 2.24) is 10.6 Å². The summed E-state index contributed by atoms with van der Waals surface area (Å²) in [5.74, 6) is 3.42. The number of aliphatic imine (C=N–C) groups is 1. The third-order valence-corrected chi connectivity index (χ3v) is 10.4. The predicted molar refractivity (Wildman–Crippen MR) is 174 cm³/mol. The Hall–Kier alpha value is -3.69. The molecule has 0 amide bonds. The van der Waals surface area contributed by atoms with E-state index < -0.39 is 0 Å². The van der Waals surface area contributed by atoms with E-state index in [-0.39, 0.29) is 12.3 Å². The van der Waals surface area contributed by atoms with Crippen LogP contribution in [0.15, 0.2) is 142 Å². The highest BCUT2D eigenvalue weighted by molar-refractivity contribution is 5.99. The van der Waals surface area contributed by atoms with Crippen LogP contribution in [0.2, 0.25) is 0 Å². The highest BCUT2D eigenvalue weighted by Crippen LogP contribution is 2.51. The van der Waals surface area contributed by atoms with Crippen molar-refractivity contribution >= 4 is 5.84 Å². The SMILES string of the molecule is C1=CCC2C(=C1)C1=C(C=CCC1)C1C=CC(C3=CC=CC(C4N=C(c5ccccc5)NC(C5C=CCCC5)N4)C3)=CC12. The van der Waals surface area contributed by atoms with Crippen LogP contribution in [0.4, 0.5) is 0 Å². The number of hydrogen-bond donors (Lipinski definition) is 2. The number of amidine groups is 1. The average Bonchev–Trinajstić information content (AvgIpc) is 3.09. The van der Waals surface area contributed by atoms with Crippen LogP contribution in [0.1, 0.15) is 50.5 Å². The summed E-state index contributed by atoms with van der Waals surface area (Å²) in [6.07, 6.45) is 39.6. The maximum atomic E-state index is 5.29. The number of allylic oxidation sites excluding steroid dienone is 16. The molecule has 8 rings (SSSR count). The van der Waals surface area contributed by atoms with Crippen LogP contribution < -0.4 is 10.6 Å². The predicted octanol–water partition coefficient (Wildman–Crippen LogP) is 8.03. The molecule has 2 N–H and O–H groups in total. The lowest BCUT2D eigenvalue weighted by Crippen LogP contribution is -2.59. The van der Waals surface area contributed by atoms with Gasteiger partial charge in [-0.05, 0) is 84.6 Å². The molecule has 0 aromatic heterocycles. The van der Waals surface area contributed by atoms with Crippen LogP contribution in [-0.4, -0.2) is 18.2 Å². The van der Waals surface area contributed by atoms with Gasteiger partial charge in [-0.2, -0.15) is 0 Å². The number of benzene rings is 1. The van der Waals surface area contributed by atoms with E-state index in [0.29, 0.717) is 29.6 Å². The van der Waals surface area contributed by atoms with Gasteiger partial charge in [0.15, 0.2) is 0 Å². The number of rotatable bonds is 4. The highest BCUT2D eigenvalue weighted by atomic mass is 15.3. The Balaban J connectivity index is 1.07. The fourth-order valence-corrected chi connectivity index (χ4v) is 8.28. The van der Waals surface area contributed by atoms with E-state index >= 15 is 0 Å². The van der Waals surface area contributed by atoms with Crippen molar-refractivity contribution in [3.8, 4) is 0 Å². The van der Waals surface area contributed by atoms with Gasteiger partial charge < -0.3 is 5.32 Å². The molecular weight excluding hydrogens is 510 g/mol. The summed E-state index contributed by atoms with van der Waals surface area (Å²) in [7, 11) is 0. The van der Waals surface area contributed by atoms with Gasteiger partial charge in [0, 0.05) is 23.3 Å². The van der Waals surface area contributed by atoms with Crippen molar-refractivity contribution in [3.05, 3.63) is 143 Å². The molecule has 212 valence electrons. The first-order chi connectivity index (χ1) is 20.8. The summed E-state index contributed by atoms with van der Waals surface area (Å²) < 4.78 is 0. The normalized spacial score (nSPS) is 34.8. The second kappa shape index (κ2) is 11.2. The molecule has 6 aliphatic carbocycles. The summed E-state index contributed by atoms with van der Waals surface area (Å²) in [5.41, 5.74) is 8.82. The number of nitrogens with zero attached hydrogens (tertiary/aromatic N) is 1. The molecule has 7 atom stereocenters. The van der Waals surface area contributed by atoms with E-state index in [9.17, 15) is 0 Å². The van der Waals surface area contributed by atoms with Gasteiger partial charge in [-0.15, -0.1) is 0 Å². The molecule has 42 heavy (non-hydrogen) atoms. The molecule has 3 heteroatoms. The molecule has 0 fully saturated rings. The second-order valence-corrected chi connectivity index (χ2v) is 12.9. The Morgan fingerprint density at radius 3 is 2.71 bits per heavy atom. The Kier molecular flexibility index (Phi) is 6.92. The standard InChI is InChI=1S/C39H41N3/c1-3-12-26(13-4-1)37-40-38(27-14-5-2-6-15-27)42-39(41-37)30-17-11-16-28(24-30)29-22-23-35-33-20-8-7-18-31(33)32-19-9-10-21-34(32)36(35)25-29/h1,3-5,8-14,16-17,19-20,22-23,25,27,30,34-36,38-39,42H,2,6-7,15,18,21,24H2,(H,40,41). The zero-order valence-electron chi connectivity index (χ0n) is 24.3. The van der Waals surface area contributed by atoms with Crippen LogP contribution >= 0.6 is 0 Å². The highest BCUT2D eigenvalue weighted by Gasteiger charge is 2.40. The van der Waals surface area contributed by atoms with Crippen LogP contribution in [0.25, 0.3) is 0 Å². The van der Waals surface area contributed by atoms with Crippen LogP contribution in [0, 0.1) is 29.6 Å². The maximum Gasteiger partial charge on any atom is 0.131 e. The van der Waals surface area contributed by atoms with Gasteiger partial charge in [0.1, 0.15) is 12.0 Å². The minimum absolute atomic E-state index is 0.0374. The van der Waals surface area contributed by atoms with Crippen LogP contribution in [-0.2, 0) is 0 Å². The fraction of sp³-hybridized carbons (Fsp3) is 0.359. The van der Waals surface area contributed by atoms with E-state index in [0.717, 1.165) is 18.7 Å².